The van der Waals surface area contributed by atoms with E-state index in [9.17, 15) is 14.9 Å². The number of amides is 1. The topological polar surface area (TPSA) is 84.1 Å². The number of carbonyl (C=O) groups is 2. The SMILES string of the molecule is CCOC(=O)CSCC(=O)Nc1c(C#N)c(C)c(C)n1-c1ccccc1. The van der Waals surface area contributed by atoms with Crippen molar-refractivity contribution in [3.8, 4) is 11.8 Å². The van der Waals surface area contributed by atoms with E-state index in [0.29, 0.717) is 18.0 Å². The van der Waals surface area contributed by atoms with Gasteiger partial charge >= 0.3 is 5.97 Å². The number of rotatable bonds is 7. The Morgan fingerprint density at radius 1 is 1.23 bits per heavy atom. The van der Waals surface area contributed by atoms with Crippen LogP contribution in [-0.2, 0) is 14.3 Å². The van der Waals surface area contributed by atoms with Gasteiger partial charge in [0.25, 0.3) is 0 Å². The standard InChI is InChI=1S/C19H21N3O3S/c1-4-25-18(24)12-26-11-17(23)21-19-16(10-20)13(2)14(3)22(19)15-8-6-5-7-9-15/h5-9H,4,11-12H2,1-3H3,(H,21,23). The van der Waals surface area contributed by atoms with Gasteiger partial charge in [-0.25, -0.2) is 0 Å². The first kappa shape index (κ1) is 19.6. The van der Waals surface area contributed by atoms with Gasteiger partial charge in [-0.15, -0.1) is 11.8 Å². The molecule has 26 heavy (non-hydrogen) atoms. The smallest absolute Gasteiger partial charge is 0.315 e. The Labute approximate surface area is 157 Å². The third-order valence-corrected chi connectivity index (χ3v) is 4.76. The largest absolute Gasteiger partial charge is 0.465 e. The molecular weight excluding hydrogens is 350 g/mol. The van der Waals surface area contributed by atoms with Gasteiger partial charge in [0, 0.05) is 11.4 Å². The zero-order valence-electron chi connectivity index (χ0n) is 15.0. The normalized spacial score (nSPS) is 10.2. The van der Waals surface area contributed by atoms with E-state index in [4.69, 9.17) is 4.74 Å². The fourth-order valence-corrected chi connectivity index (χ4v) is 3.17. The highest BCUT2D eigenvalue weighted by molar-refractivity contribution is 8.00. The summed E-state index contributed by atoms with van der Waals surface area (Å²) in [5.74, 6) is 0.0505. The molecule has 0 saturated heterocycles. The molecule has 0 atom stereocenters. The minimum absolute atomic E-state index is 0.0990. The van der Waals surface area contributed by atoms with E-state index in [0.717, 1.165) is 16.9 Å². The summed E-state index contributed by atoms with van der Waals surface area (Å²) in [4.78, 5) is 23.7. The maximum Gasteiger partial charge on any atom is 0.315 e. The molecule has 0 aliphatic heterocycles. The third-order valence-electron chi connectivity index (χ3n) is 3.86. The highest BCUT2D eigenvalue weighted by atomic mass is 32.2. The van der Waals surface area contributed by atoms with Gasteiger partial charge in [0.2, 0.25) is 5.91 Å². The van der Waals surface area contributed by atoms with Crippen LogP contribution in [0.15, 0.2) is 30.3 Å². The van der Waals surface area contributed by atoms with Crippen LogP contribution in [-0.4, -0.2) is 34.6 Å². The minimum Gasteiger partial charge on any atom is -0.465 e. The molecule has 2 rings (SSSR count). The Kier molecular flexibility index (Phi) is 6.87. The Morgan fingerprint density at radius 3 is 2.54 bits per heavy atom. The van der Waals surface area contributed by atoms with Crippen LogP contribution < -0.4 is 5.32 Å². The molecule has 0 bridgehead atoms. The summed E-state index contributed by atoms with van der Waals surface area (Å²) in [6, 6.07) is 11.7. The zero-order valence-corrected chi connectivity index (χ0v) is 15.9. The summed E-state index contributed by atoms with van der Waals surface area (Å²) in [5, 5.41) is 12.3. The minimum atomic E-state index is -0.345. The summed E-state index contributed by atoms with van der Waals surface area (Å²) in [6.07, 6.45) is 0. The molecule has 136 valence electrons. The van der Waals surface area contributed by atoms with Crippen LogP contribution in [0.3, 0.4) is 0 Å². The number of nitriles is 1. The van der Waals surface area contributed by atoms with Crippen molar-refractivity contribution in [2.24, 2.45) is 0 Å². The van der Waals surface area contributed by atoms with E-state index in [1.165, 1.54) is 11.8 Å². The molecule has 0 spiro atoms. The highest BCUT2D eigenvalue weighted by Crippen LogP contribution is 2.29. The summed E-state index contributed by atoms with van der Waals surface area (Å²) in [6.45, 7) is 5.83. The fraction of sp³-hybridized carbons (Fsp3) is 0.316. The van der Waals surface area contributed by atoms with Crippen molar-refractivity contribution in [3.05, 3.63) is 47.2 Å². The molecule has 0 aliphatic carbocycles. The van der Waals surface area contributed by atoms with Crippen LogP contribution in [0, 0.1) is 25.2 Å². The molecule has 0 aliphatic rings. The summed E-state index contributed by atoms with van der Waals surface area (Å²) in [5.41, 5.74) is 3.02. The van der Waals surface area contributed by atoms with Crippen molar-refractivity contribution in [3.63, 3.8) is 0 Å². The number of anilines is 1. The van der Waals surface area contributed by atoms with E-state index >= 15 is 0 Å². The van der Waals surface area contributed by atoms with Gasteiger partial charge in [0.1, 0.15) is 11.9 Å². The Morgan fingerprint density at radius 2 is 1.92 bits per heavy atom. The first-order valence-corrected chi connectivity index (χ1v) is 9.35. The zero-order chi connectivity index (χ0) is 19.1. The molecule has 1 aromatic heterocycles. The molecule has 0 radical (unpaired) electrons. The first-order valence-electron chi connectivity index (χ1n) is 8.20. The van der Waals surface area contributed by atoms with Crippen molar-refractivity contribution in [1.82, 2.24) is 4.57 Å². The molecule has 0 fully saturated rings. The number of ether oxygens (including phenoxy) is 1. The molecule has 1 aromatic carbocycles. The lowest BCUT2D eigenvalue weighted by molar-refractivity contribution is -0.139. The lowest BCUT2D eigenvalue weighted by atomic mass is 10.2. The average Bonchev–Trinajstić information content (AvgIpc) is 2.86. The molecule has 1 N–H and O–H groups in total. The van der Waals surface area contributed by atoms with Gasteiger partial charge in [-0.2, -0.15) is 5.26 Å². The lowest BCUT2D eigenvalue weighted by Crippen LogP contribution is -2.19. The molecule has 1 heterocycles. The van der Waals surface area contributed by atoms with Gasteiger partial charge in [0.05, 0.1) is 23.7 Å². The monoisotopic (exact) mass is 371 g/mol. The molecule has 0 unspecified atom stereocenters. The summed E-state index contributed by atoms with van der Waals surface area (Å²) < 4.78 is 6.70. The van der Waals surface area contributed by atoms with E-state index in [-0.39, 0.29) is 23.4 Å². The highest BCUT2D eigenvalue weighted by Gasteiger charge is 2.20. The van der Waals surface area contributed by atoms with Gasteiger partial charge < -0.3 is 10.1 Å². The number of hydrogen-bond donors (Lipinski definition) is 1. The molecule has 0 saturated carbocycles. The number of para-hydroxylation sites is 1. The number of carbonyl (C=O) groups excluding carboxylic acids is 2. The summed E-state index contributed by atoms with van der Waals surface area (Å²) in [7, 11) is 0. The Balaban J connectivity index is 2.21. The third kappa shape index (κ3) is 4.46. The number of thioether (sulfide) groups is 1. The van der Waals surface area contributed by atoms with Crippen LogP contribution in [0.1, 0.15) is 23.7 Å². The van der Waals surface area contributed by atoms with Crippen molar-refractivity contribution in [1.29, 1.82) is 5.26 Å². The molecule has 2 aromatic rings. The van der Waals surface area contributed by atoms with E-state index in [2.05, 4.69) is 11.4 Å². The number of aromatic nitrogens is 1. The van der Waals surface area contributed by atoms with Crippen LogP contribution in [0.25, 0.3) is 5.69 Å². The van der Waals surface area contributed by atoms with Crippen molar-refractivity contribution < 1.29 is 14.3 Å². The lowest BCUT2D eigenvalue weighted by Gasteiger charge is -2.13. The van der Waals surface area contributed by atoms with Crippen molar-refractivity contribution in [2.45, 2.75) is 20.8 Å². The van der Waals surface area contributed by atoms with Gasteiger partial charge in [-0.05, 0) is 38.5 Å². The predicted molar refractivity (Wildman–Crippen MR) is 103 cm³/mol. The maximum absolute atomic E-state index is 12.3. The number of nitrogens with one attached hydrogen (secondary N) is 1. The molecule has 1 amide bonds. The number of esters is 1. The van der Waals surface area contributed by atoms with E-state index in [1.807, 2.05) is 48.7 Å². The Bertz CT molecular complexity index is 838. The van der Waals surface area contributed by atoms with Gasteiger partial charge in [-0.1, -0.05) is 18.2 Å². The number of hydrogen-bond acceptors (Lipinski definition) is 5. The molecular formula is C19H21N3O3S. The van der Waals surface area contributed by atoms with Crippen LogP contribution >= 0.6 is 11.8 Å². The fourth-order valence-electron chi connectivity index (χ4n) is 2.56. The van der Waals surface area contributed by atoms with Crippen LogP contribution in [0.2, 0.25) is 0 Å². The maximum atomic E-state index is 12.3. The van der Waals surface area contributed by atoms with Crippen LogP contribution in [0.4, 0.5) is 5.82 Å². The predicted octanol–water partition coefficient (Wildman–Crippen LogP) is 3.20. The van der Waals surface area contributed by atoms with Gasteiger partial charge in [0.15, 0.2) is 0 Å². The second kappa shape index (κ2) is 9.11. The van der Waals surface area contributed by atoms with Crippen molar-refractivity contribution >= 4 is 29.5 Å². The number of benzene rings is 1. The number of nitrogens with zero attached hydrogens (tertiary/aromatic N) is 2. The van der Waals surface area contributed by atoms with E-state index in [1.54, 1.807) is 6.92 Å². The Hall–Kier alpha value is -2.72. The average molecular weight is 371 g/mol. The van der Waals surface area contributed by atoms with Crippen molar-refractivity contribution in [2.75, 3.05) is 23.4 Å². The second-order valence-corrected chi connectivity index (χ2v) is 6.55. The van der Waals surface area contributed by atoms with Gasteiger partial charge in [-0.3, -0.25) is 14.2 Å². The molecule has 6 nitrogen and oxygen atoms in total. The van der Waals surface area contributed by atoms with Crippen LogP contribution in [0.5, 0.6) is 0 Å². The summed E-state index contributed by atoms with van der Waals surface area (Å²) >= 11 is 1.18. The second-order valence-electron chi connectivity index (χ2n) is 5.56. The quantitative estimate of drug-likeness (QED) is 0.756. The first-order chi connectivity index (χ1) is 12.5. The van der Waals surface area contributed by atoms with E-state index < -0.39 is 0 Å². The molecule has 7 heteroatoms.